The van der Waals surface area contributed by atoms with Crippen LogP contribution in [0, 0.1) is 0 Å². The Kier molecular flexibility index (Phi) is 3.64. The molecule has 78 valence electrons. The minimum atomic E-state index is -0.202. The van der Waals surface area contributed by atoms with Gasteiger partial charge in [0.2, 0.25) is 0 Å². The first-order valence-electron chi connectivity index (χ1n) is 4.53. The van der Waals surface area contributed by atoms with Crippen molar-refractivity contribution in [2.75, 3.05) is 6.61 Å². The van der Waals surface area contributed by atoms with Crippen molar-refractivity contribution in [1.82, 2.24) is 14.9 Å². The molecule has 5 nitrogen and oxygen atoms in total. The molecule has 0 aliphatic rings. The molecular formula is C9H15N3O2. The number of hydrogen-bond donors (Lipinski definition) is 2. The molecule has 0 fully saturated rings. The van der Waals surface area contributed by atoms with Crippen molar-refractivity contribution in [1.29, 1.82) is 0 Å². The van der Waals surface area contributed by atoms with E-state index in [1.165, 1.54) is 0 Å². The molecule has 1 aromatic heterocycles. The van der Waals surface area contributed by atoms with E-state index in [2.05, 4.69) is 10.3 Å². The van der Waals surface area contributed by atoms with E-state index in [-0.39, 0.29) is 18.6 Å². The molecule has 1 aromatic rings. The molecule has 0 bridgehead atoms. The monoisotopic (exact) mass is 197 g/mol. The summed E-state index contributed by atoms with van der Waals surface area (Å²) in [6.07, 6.45) is 3.78. The van der Waals surface area contributed by atoms with E-state index in [1.807, 2.05) is 6.92 Å². The molecule has 0 aliphatic heterocycles. The van der Waals surface area contributed by atoms with Crippen molar-refractivity contribution in [3.63, 3.8) is 0 Å². The Hall–Kier alpha value is -1.36. The third kappa shape index (κ3) is 2.85. The van der Waals surface area contributed by atoms with Crippen LogP contribution in [0.2, 0.25) is 0 Å². The van der Waals surface area contributed by atoms with Crippen LogP contribution in [0.4, 0.5) is 0 Å². The molecule has 1 amide bonds. The SMILES string of the molecule is CC(CCO)NC(=O)c1cn(C)cn1. The molecule has 1 heterocycles. The summed E-state index contributed by atoms with van der Waals surface area (Å²) < 4.78 is 1.71. The largest absolute Gasteiger partial charge is 0.396 e. The number of carbonyl (C=O) groups excluding carboxylic acids is 1. The lowest BCUT2D eigenvalue weighted by molar-refractivity contribution is 0.0929. The number of aliphatic hydroxyl groups is 1. The standard InChI is InChI=1S/C9H15N3O2/c1-7(3-4-13)11-9(14)8-5-12(2)6-10-8/h5-7,13H,3-4H2,1-2H3,(H,11,14). The topological polar surface area (TPSA) is 67.2 Å². The summed E-state index contributed by atoms with van der Waals surface area (Å²) in [4.78, 5) is 15.4. The highest BCUT2D eigenvalue weighted by molar-refractivity contribution is 5.92. The summed E-state index contributed by atoms with van der Waals surface area (Å²) >= 11 is 0. The van der Waals surface area contributed by atoms with Gasteiger partial charge in [-0.05, 0) is 13.3 Å². The maximum absolute atomic E-state index is 11.5. The highest BCUT2D eigenvalue weighted by Gasteiger charge is 2.11. The Morgan fingerprint density at radius 3 is 3.00 bits per heavy atom. The second kappa shape index (κ2) is 4.76. The van der Waals surface area contributed by atoms with Gasteiger partial charge in [-0.2, -0.15) is 0 Å². The first-order valence-corrected chi connectivity index (χ1v) is 4.53. The fourth-order valence-corrected chi connectivity index (χ4v) is 1.09. The number of rotatable bonds is 4. The van der Waals surface area contributed by atoms with Crippen LogP contribution in [-0.4, -0.2) is 33.2 Å². The predicted molar refractivity (Wildman–Crippen MR) is 51.8 cm³/mol. The lowest BCUT2D eigenvalue weighted by Gasteiger charge is -2.10. The molecule has 1 unspecified atom stereocenters. The van der Waals surface area contributed by atoms with E-state index in [0.29, 0.717) is 12.1 Å². The zero-order valence-corrected chi connectivity index (χ0v) is 8.40. The maximum atomic E-state index is 11.5. The van der Waals surface area contributed by atoms with Crippen LogP contribution < -0.4 is 5.32 Å². The molecule has 0 aliphatic carbocycles. The predicted octanol–water partition coefficient (Wildman–Crippen LogP) is -0.0792. The van der Waals surface area contributed by atoms with Crippen LogP contribution in [-0.2, 0) is 7.05 Å². The molecule has 14 heavy (non-hydrogen) atoms. The van der Waals surface area contributed by atoms with Gasteiger partial charge in [0.1, 0.15) is 5.69 Å². The molecule has 1 atom stereocenters. The van der Waals surface area contributed by atoms with Crippen molar-refractivity contribution < 1.29 is 9.90 Å². The average Bonchev–Trinajstić information content (AvgIpc) is 2.52. The fraction of sp³-hybridized carbons (Fsp3) is 0.556. The Labute approximate surface area is 82.8 Å². The van der Waals surface area contributed by atoms with Gasteiger partial charge in [-0.3, -0.25) is 4.79 Å². The first kappa shape index (κ1) is 10.7. The number of aromatic nitrogens is 2. The van der Waals surface area contributed by atoms with Gasteiger partial charge in [0, 0.05) is 25.9 Å². The minimum Gasteiger partial charge on any atom is -0.396 e. The van der Waals surface area contributed by atoms with Crippen molar-refractivity contribution in [2.45, 2.75) is 19.4 Å². The molecule has 5 heteroatoms. The number of nitrogens with one attached hydrogen (secondary N) is 1. The molecule has 1 rings (SSSR count). The van der Waals surface area contributed by atoms with E-state index in [0.717, 1.165) is 0 Å². The quantitative estimate of drug-likeness (QED) is 0.709. The van der Waals surface area contributed by atoms with Gasteiger partial charge in [-0.1, -0.05) is 0 Å². The third-order valence-corrected chi connectivity index (χ3v) is 1.88. The van der Waals surface area contributed by atoms with Gasteiger partial charge in [-0.25, -0.2) is 4.98 Å². The number of aryl methyl sites for hydroxylation is 1. The second-order valence-corrected chi connectivity index (χ2v) is 3.31. The van der Waals surface area contributed by atoms with Crippen molar-refractivity contribution in [3.8, 4) is 0 Å². The molecule has 2 N–H and O–H groups in total. The minimum absolute atomic E-state index is 0.0329. The van der Waals surface area contributed by atoms with E-state index in [9.17, 15) is 4.79 Å². The summed E-state index contributed by atoms with van der Waals surface area (Å²) in [5, 5.41) is 11.4. The van der Waals surface area contributed by atoms with Crippen LogP contribution in [0.3, 0.4) is 0 Å². The van der Waals surface area contributed by atoms with E-state index in [4.69, 9.17) is 5.11 Å². The number of aliphatic hydroxyl groups excluding tert-OH is 1. The number of carbonyl (C=O) groups is 1. The summed E-state index contributed by atoms with van der Waals surface area (Å²) in [5.74, 6) is -0.202. The molecular weight excluding hydrogens is 182 g/mol. The number of imidazole rings is 1. The molecule has 0 radical (unpaired) electrons. The molecule has 0 spiro atoms. The van der Waals surface area contributed by atoms with Crippen molar-refractivity contribution >= 4 is 5.91 Å². The molecule has 0 saturated carbocycles. The van der Waals surface area contributed by atoms with Crippen LogP contribution in [0.15, 0.2) is 12.5 Å². The van der Waals surface area contributed by atoms with Gasteiger partial charge < -0.3 is 15.0 Å². The van der Waals surface area contributed by atoms with Crippen molar-refractivity contribution in [2.24, 2.45) is 7.05 Å². The summed E-state index contributed by atoms with van der Waals surface area (Å²) in [6.45, 7) is 1.92. The zero-order chi connectivity index (χ0) is 10.6. The van der Waals surface area contributed by atoms with E-state index < -0.39 is 0 Å². The Morgan fingerprint density at radius 2 is 2.50 bits per heavy atom. The van der Waals surface area contributed by atoms with Crippen LogP contribution in [0.1, 0.15) is 23.8 Å². The highest BCUT2D eigenvalue weighted by atomic mass is 16.3. The van der Waals surface area contributed by atoms with E-state index in [1.54, 1.807) is 24.1 Å². The molecule has 0 aromatic carbocycles. The maximum Gasteiger partial charge on any atom is 0.271 e. The zero-order valence-electron chi connectivity index (χ0n) is 8.40. The Bertz CT molecular complexity index is 309. The average molecular weight is 197 g/mol. The number of amides is 1. The smallest absolute Gasteiger partial charge is 0.271 e. The Balaban J connectivity index is 2.50. The summed E-state index contributed by atoms with van der Waals surface area (Å²) in [5.41, 5.74) is 0.400. The van der Waals surface area contributed by atoms with Crippen molar-refractivity contribution in [3.05, 3.63) is 18.2 Å². The third-order valence-electron chi connectivity index (χ3n) is 1.88. The van der Waals surface area contributed by atoms with Crippen LogP contribution in [0.25, 0.3) is 0 Å². The molecule has 0 saturated heterocycles. The van der Waals surface area contributed by atoms with Gasteiger partial charge in [0.15, 0.2) is 0 Å². The van der Waals surface area contributed by atoms with Gasteiger partial charge in [0.05, 0.1) is 6.33 Å². The second-order valence-electron chi connectivity index (χ2n) is 3.31. The van der Waals surface area contributed by atoms with E-state index >= 15 is 0 Å². The van der Waals surface area contributed by atoms with Crippen LogP contribution >= 0.6 is 0 Å². The lowest BCUT2D eigenvalue weighted by Crippen LogP contribution is -2.33. The van der Waals surface area contributed by atoms with Crippen LogP contribution in [0.5, 0.6) is 0 Å². The van der Waals surface area contributed by atoms with Gasteiger partial charge in [-0.15, -0.1) is 0 Å². The fourth-order valence-electron chi connectivity index (χ4n) is 1.09. The summed E-state index contributed by atoms with van der Waals surface area (Å²) in [7, 11) is 1.81. The highest BCUT2D eigenvalue weighted by Crippen LogP contribution is 1.96. The van der Waals surface area contributed by atoms with Gasteiger partial charge in [0.25, 0.3) is 5.91 Å². The lowest BCUT2D eigenvalue weighted by atomic mass is 10.2. The number of nitrogens with zero attached hydrogens (tertiary/aromatic N) is 2. The van der Waals surface area contributed by atoms with Gasteiger partial charge >= 0.3 is 0 Å². The normalized spacial score (nSPS) is 12.5. The number of hydrogen-bond acceptors (Lipinski definition) is 3. The Morgan fingerprint density at radius 1 is 1.79 bits per heavy atom. The summed E-state index contributed by atoms with van der Waals surface area (Å²) in [6, 6.07) is -0.0329. The first-order chi connectivity index (χ1) is 6.63.